The fourth-order valence-electron chi connectivity index (χ4n) is 1.53. The Bertz CT molecular complexity index is 598. The molecule has 0 atom stereocenters. The molecule has 0 aromatic carbocycles. The Morgan fingerprint density at radius 2 is 2.06 bits per heavy atom. The molecule has 7 heteroatoms. The number of aromatic amines is 2. The third kappa shape index (κ3) is 2.28. The Kier molecular flexibility index (Phi) is 2.62. The van der Waals surface area contributed by atoms with Gasteiger partial charge in [0, 0.05) is 13.5 Å². The van der Waals surface area contributed by atoms with Crippen LogP contribution in [0.15, 0.2) is 4.79 Å². The molecule has 0 saturated heterocycles. The molecule has 2 rings (SSSR count). The maximum atomic E-state index is 11.6. The second-order valence-corrected chi connectivity index (χ2v) is 4.47. The van der Waals surface area contributed by atoms with Crippen molar-refractivity contribution in [1.82, 2.24) is 19.9 Å². The van der Waals surface area contributed by atoms with Crippen molar-refractivity contribution in [2.45, 2.75) is 25.9 Å². The molecule has 0 aliphatic carbocycles. The van der Waals surface area contributed by atoms with Crippen LogP contribution < -0.4 is 11.3 Å². The van der Waals surface area contributed by atoms with Crippen LogP contribution in [0.2, 0.25) is 0 Å². The van der Waals surface area contributed by atoms with Gasteiger partial charge in [-0.05, 0) is 13.8 Å². The van der Waals surface area contributed by atoms with Gasteiger partial charge in [-0.25, -0.2) is 4.98 Å². The largest absolute Gasteiger partial charge is 0.378 e. The van der Waals surface area contributed by atoms with Gasteiger partial charge in [0.05, 0.1) is 5.60 Å². The number of nitrogens with zero attached hydrogens (tertiary/aromatic N) is 2. The Balaban J connectivity index is 2.45. The first-order valence-electron chi connectivity index (χ1n) is 5.21. The zero-order chi connectivity index (χ0) is 12.6. The maximum Gasteiger partial charge on any atom is 0.278 e. The lowest BCUT2D eigenvalue weighted by atomic mass is 10.1. The minimum absolute atomic E-state index is 0.0616. The zero-order valence-corrected chi connectivity index (χ0v) is 10.00. The molecule has 2 heterocycles. The minimum atomic E-state index is -0.355. The van der Waals surface area contributed by atoms with E-state index in [4.69, 9.17) is 10.5 Å². The number of anilines is 1. The smallest absolute Gasteiger partial charge is 0.278 e. The number of nitrogens with two attached hydrogens (primary N) is 1. The van der Waals surface area contributed by atoms with Crippen molar-refractivity contribution in [3.8, 4) is 0 Å². The van der Waals surface area contributed by atoms with Gasteiger partial charge >= 0.3 is 0 Å². The van der Waals surface area contributed by atoms with E-state index < -0.39 is 0 Å². The Hall–Kier alpha value is -1.89. The molecule has 0 amide bonds. The molecule has 0 unspecified atom stereocenters. The van der Waals surface area contributed by atoms with Gasteiger partial charge in [0.15, 0.2) is 11.2 Å². The summed E-state index contributed by atoms with van der Waals surface area (Å²) >= 11 is 0. The van der Waals surface area contributed by atoms with Crippen LogP contribution in [0.4, 0.5) is 5.95 Å². The number of H-pyrrole nitrogens is 2. The number of nitrogen functional groups attached to an aromatic ring is 1. The third-order valence-electron chi connectivity index (χ3n) is 2.57. The number of imidazole rings is 1. The summed E-state index contributed by atoms with van der Waals surface area (Å²) in [5.74, 6) is 0.710. The summed E-state index contributed by atoms with van der Waals surface area (Å²) < 4.78 is 5.30. The molecule has 4 N–H and O–H groups in total. The molecular formula is C10H15N5O2. The highest BCUT2D eigenvalue weighted by Crippen LogP contribution is 2.15. The van der Waals surface area contributed by atoms with Gasteiger partial charge in [-0.2, -0.15) is 4.98 Å². The maximum absolute atomic E-state index is 11.6. The third-order valence-corrected chi connectivity index (χ3v) is 2.57. The molecule has 0 saturated carbocycles. The summed E-state index contributed by atoms with van der Waals surface area (Å²) in [5.41, 5.74) is 5.43. The molecule has 17 heavy (non-hydrogen) atoms. The van der Waals surface area contributed by atoms with Crippen molar-refractivity contribution in [3.63, 3.8) is 0 Å². The van der Waals surface area contributed by atoms with E-state index in [-0.39, 0.29) is 17.1 Å². The van der Waals surface area contributed by atoms with Gasteiger partial charge < -0.3 is 15.5 Å². The lowest BCUT2D eigenvalue weighted by Crippen LogP contribution is -2.26. The standard InChI is InChI=1S/C10H15N5O2/c1-10(2,17-3)4-5-12-6-7(13-5)14-9(11)15-8(6)16/h4H2,1-3H3,(H4,11,12,13,14,15,16). The van der Waals surface area contributed by atoms with Crippen LogP contribution in [0.5, 0.6) is 0 Å². The second-order valence-electron chi connectivity index (χ2n) is 4.47. The molecule has 0 fully saturated rings. The molecule has 2 aromatic rings. The highest BCUT2D eigenvalue weighted by molar-refractivity contribution is 5.70. The summed E-state index contributed by atoms with van der Waals surface area (Å²) in [7, 11) is 1.63. The quantitative estimate of drug-likeness (QED) is 0.706. The number of hydrogen-bond acceptors (Lipinski definition) is 5. The van der Waals surface area contributed by atoms with Crippen LogP contribution in [0, 0.1) is 0 Å². The number of aromatic nitrogens is 4. The minimum Gasteiger partial charge on any atom is -0.378 e. The predicted octanol–water partition coefficient (Wildman–Crippen LogP) is 0.196. The highest BCUT2D eigenvalue weighted by atomic mass is 16.5. The van der Waals surface area contributed by atoms with Crippen LogP contribution in [-0.4, -0.2) is 32.6 Å². The average Bonchev–Trinajstić information content (AvgIpc) is 2.59. The number of nitrogens with one attached hydrogen (secondary N) is 2. The van der Waals surface area contributed by atoms with Crippen LogP contribution in [0.25, 0.3) is 11.2 Å². The summed E-state index contributed by atoms with van der Waals surface area (Å²) in [4.78, 5) is 25.1. The van der Waals surface area contributed by atoms with Gasteiger partial charge in [0.1, 0.15) is 5.82 Å². The Morgan fingerprint density at radius 1 is 1.35 bits per heavy atom. The molecule has 2 aromatic heterocycles. The highest BCUT2D eigenvalue weighted by Gasteiger charge is 2.20. The number of ether oxygens (including phenoxy) is 1. The molecule has 0 radical (unpaired) electrons. The Labute approximate surface area is 97.4 Å². The van der Waals surface area contributed by atoms with E-state index in [1.54, 1.807) is 7.11 Å². The van der Waals surface area contributed by atoms with Gasteiger partial charge in [-0.3, -0.25) is 9.78 Å². The summed E-state index contributed by atoms with van der Waals surface area (Å²) in [6, 6.07) is 0. The zero-order valence-electron chi connectivity index (χ0n) is 10.00. The van der Waals surface area contributed by atoms with Crippen LogP contribution in [0.3, 0.4) is 0 Å². The molecule has 0 bridgehead atoms. The van der Waals surface area contributed by atoms with Gasteiger partial charge in [-0.1, -0.05) is 0 Å². The summed E-state index contributed by atoms with van der Waals surface area (Å²) in [6.45, 7) is 3.87. The monoisotopic (exact) mass is 237 g/mol. The van der Waals surface area contributed by atoms with Crippen molar-refractivity contribution in [2.75, 3.05) is 12.8 Å². The van der Waals surface area contributed by atoms with E-state index in [0.29, 0.717) is 23.4 Å². The second kappa shape index (κ2) is 3.85. The van der Waals surface area contributed by atoms with E-state index in [0.717, 1.165) is 0 Å². The van der Waals surface area contributed by atoms with Crippen molar-refractivity contribution in [2.24, 2.45) is 0 Å². The normalized spacial score (nSPS) is 12.2. The van der Waals surface area contributed by atoms with Crippen LogP contribution in [0.1, 0.15) is 19.7 Å². The first-order valence-corrected chi connectivity index (χ1v) is 5.21. The van der Waals surface area contributed by atoms with Crippen molar-refractivity contribution >= 4 is 17.1 Å². The first-order chi connectivity index (χ1) is 7.91. The van der Waals surface area contributed by atoms with Crippen molar-refractivity contribution < 1.29 is 4.74 Å². The van der Waals surface area contributed by atoms with E-state index in [2.05, 4.69) is 19.9 Å². The average molecular weight is 237 g/mol. The first kappa shape index (κ1) is 11.6. The molecule has 0 aliphatic heterocycles. The SMILES string of the molecule is COC(C)(C)Cc1nc2nc(N)[nH]c(=O)c2[nH]1. The van der Waals surface area contributed by atoms with Crippen molar-refractivity contribution in [3.05, 3.63) is 16.2 Å². The van der Waals surface area contributed by atoms with E-state index >= 15 is 0 Å². The predicted molar refractivity (Wildman–Crippen MR) is 63.7 cm³/mol. The number of fused-ring (bicyclic) bond motifs is 1. The number of rotatable bonds is 3. The fraction of sp³-hybridized carbons (Fsp3) is 0.500. The summed E-state index contributed by atoms with van der Waals surface area (Å²) in [6.07, 6.45) is 0.555. The molecule has 7 nitrogen and oxygen atoms in total. The van der Waals surface area contributed by atoms with Crippen LogP contribution >= 0.6 is 0 Å². The fourth-order valence-corrected chi connectivity index (χ4v) is 1.53. The Morgan fingerprint density at radius 3 is 2.71 bits per heavy atom. The lowest BCUT2D eigenvalue weighted by Gasteiger charge is -2.20. The van der Waals surface area contributed by atoms with Crippen LogP contribution in [-0.2, 0) is 11.2 Å². The molecule has 92 valence electrons. The van der Waals surface area contributed by atoms with E-state index in [9.17, 15) is 4.79 Å². The van der Waals surface area contributed by atoms with E-state index in [1.807, 2.05) is 13.8 Å². The van der Waals surface area contributed by atoms with E-state index in [1.165, 1.54) is 0 Å². The number of hydrogen-bond donors (Lipinski definition) is 3. The molecule has 0 aliphatic rings. The topological polar surface area (TPSA) is 110 Å². The van der Waals surface area contributed by atoms with Gasteiger partial charge in [0.2, 0.25) is 5.95 Å². The summed E-state index contributed by atoms with van der Waals surface area (Å²) in [5, 5.41) is 0. The van der Waals surface area contributed by atoms with Gasteiger partial charge in [0.25, 0.3) is 5.56 Å². The lowest BCUT2D eigenvalue weighted by molar-refractivity contribution is 0.0218. The van der Waals surface area contributed by atoms with Gasteiger partial charge in [-0.15, -0.1) is 0 Å². The molecular weight excluding hydrogens is 222 g/mol. The molecule has 0 spiro atoms. The van der Waals surface area contributed by atoms with Crippen molar-refractivity contribution in [1.29, 1.82) is 0 Å². The number of methoxy groups -OCH3 is 1.